The summed E-state index contributed by atoms with van der Waals surface area (Å²) in [5.74, 6) is -1.38. The predicted octanol–water partition coefficient (Wildman–Crippen LogP) is 3.41. The summed E-state index contributed by atoms with van der Waals surface area (Å²) in [7, 11) is 0. The molecule has 1 aromatic rings. The van der Waals surface area contributed by atoms with Gasteiger partial charge in [0.1, 0.15) is 0 Å². The second kappa shape index (κ2) is 5.55. The van der Waals surface area contributed by atoms with Crippen LogP contribution < -0.4 is 5.73 Å². The molecule has 0 amide bonds. The minimum atomic E-state index is -4.20. The van der Waals surface area contributed by atoms with Gasteiger partial charge in [-0.3, -0.25) is 0 Å². The Labute approximate surface area is 97.4 Å². The van der Waals surface area contributed by atoms with Crippen molar-refractivity contribution in [3.8, 4) is 0 Å². The zero-order chi connectivity index (χ0) is 12.2. The van der Waals surface area contributed by atoms with Crippen molar-refractivity contribution in [3.63, 3.8) is 0 Å². The maximum Gasteiger partial charge on any atom is 0.392 e. The van der Waals surface area contributed by atoms with Crippen LogP contribution in [0.2, 0.25) is 5.02 Å². The molecule has 5 heteroatoms. The highest BCUT2D eigenvalue weighted by atomic mass is 35.5. The SMILES string of the molecule is NCCC(Cc1ccc(Cl)cc1)C(F)(F)F. The number of hydrogen-bond donors (Lipinski definition) is 1. The molecule has 16 heavy (non-hydrogen) atoms. The van der Waals surface area contributed by atoms with Crippen LogP contribution in [0.1, 0.15) is 12.0 Å². The smallest absolute Gasteiger partial charge is 0.330 e. The van der Waals surface area contributed by atoms with Crippen LogP contribution in [0, 0.1) is 5.92 Å². The molecule has 0 heterocycles. The molecule has 0 saturated heterocycles. The summed E-state index contributed by atoms with van der Waals surface area (Å²) in [5, 5.41) is 0.520. The molecule has 2 N–H and O–H groups in total. The summed E-state index contributed by atoms with van der Waals surface area (Å²) in [5.41, 5.74) is 5.81. The first-order valence-electron chi connectivity index (χ1n) is 4.94. The molecule has 1 unspecified atom stereocenters. The second-order valence-corrected chi connectivity index (χ2v) is 4.08. The van der Waals surface area contributed by atoms with Gasteiger partial charge in [0.25, 0.3) is 0 Å². The van der Waals surface area contributed by atoms with Gasteiger partial charge < -0.3 is 5.73 Å². The van der Waals surface area contributed by atoms with Crippen LogP contribution >= 0.6 is 11.6 Å². The summed E-state index contributed by atoms with van der Waals surface area (Å²) >= 11 is 5.66. The van der Waals surface area contributed by atoms with Crippen LogP contribution in [0.4, 0.5) is 13.2 Å². The van der Waals surface area contributed by atoms with Crippen LogP contribution in [0.25, 0.3) is 0 Å². The molecule has 1 rings (SSSR count). The molecule has 1 aromatic carbocycles. The van der Waals surface area contributed by atoms with Crippen molar-refractivity contribution >= 4 is 11.6 Å². The Morgan fingerprint density at radius 2 is 1.75 bits per heavy atom. The van der Waals surface area contributed by atoms with Crippen LogP contribution in [0.15, 0.2) is 24.3 Å². The number of rotatable bonds is 4. The quantitative estimate of drug-likeness (QED) is 0.872. The van der Waals surface area contributed by atoms with E-state index in [0.717, 1.165) is 0 Å². The van der Waals surface area contributed by atoms with E-state index in [2.05, 4.69) is 0 Å². The van der Waals surface area contributed by atoms with Crippen LogP contribution in [-0.4, -0.2) is 12.7 Å². The molecule has 0 fully saturated rings. The van der Waals surface area contributed by atoms with E-state index in [-0.39, 0.29) is 19.4 Å². The van der Waals surface area contributed by atoms with E-state index in [1.54, 1.807) is 24.3 Å². The highest BCUT2D eigenvalue weighted by Crippen LogP contribution is 2.31. The van der Waals surface area contributed by atoms with Gasteiger partial charge in [0.15, 0.2) is 0 Å². The Kier molecular flexibility index (Phi) is 4.62. The number of halogens is 4. The van der Waals surface area contributed by atoms with Crippen molar-refractivity contribution in [3.05, 3.63) is 34.9 Å². The molecule has 1 nitrogen and oxygen atoms in total. The molecule has 0 aliphatic carbocycles. The fraction of sp³-hybridized carbons (Fsp3) is 0.455. The first kappa shape index (κ1) is 13.3. The minimum Gasteiger partial charge on any atom is -0.330 e. The normalized spacial score (nSPS) is 13.8. The lowest BCUT2D eigenvalue weighted by Crippen LogP contribution is -2.27. The molecule has 0 aromatic heterocycles. The van der Waals surface area contributed by atoms with E-state index in [0.29, 0.717) is 10.6 Å². The lowest BCUT2D eigenvalue weighted by molar-refractivity contribution is -0.175. The summed E-state index contributed by atoms with van der Waals surface area (Å²) in [6, 6.07) is 6.40. The first-order valence-corrected chi connectivity index (χ1v) is 5.32. The first-order chi connectivity index (χ1) is 7.43. The van der Waals surface area contributed by atoms with Gasteiger partial charge in [-0.1, -0.05) is 23.7 Å². The topological polar surface area (TPSA) is 26.0 Å². The fourth-order valence-corrected chi connectivity index (χ4v) is 1.61. The average molecular weight is 252 g/mol. The standard InChI is InChI=1S/C11H13ClF3N/c12-10-3-1-8(2-4-10)7-9(5-6-16)11(13,14)15/h1-4,9H,5-7,16H2. The van der Waals surface area contributed by atoms with E-state index in [4.69, 9.17) is 17.3 Å². The molecule has 0 saturated carbocycles. The predicted molar refractivity (Wildman–Crippen MR) is 58.4 cm³/mol. The molecule has 0 aliphatic rings. The average Bonchev–Trinajstić information content (AvgIpc) is 2.19. The Hall–Kier alpha value is -0.740. The van der Waals surface area contributed by atoms with Crippen molar-refractivity contribution in [1.29, 1.82) is 0 Å². The molecule has 90 valence electrons. The zero-order valence-corrected chi connectivity index (χ0v) is 9.35. The monoisotopic (exact) mass is 251 g/mol. The van der Waals surface area contributed by atoms with E-state index < -0.39 is 12.1 Å². The highest BCUT2D eigenvalue weighted by Gasteiger charge is 2.38. The third-order valence-electron chi connectivity index (χ3n) is 2.37. The van der Waals surface area contributed by atoms with E-state index in [1.165, 1.54) is 0 Å². The summed E-state index contributed by atoms with van der Waals surface area (Å²) < 4.78 is 37.8. The van der Waals surface area contributed by atoms with Gasteiger partial charge in [-0.2, -0.15) is 13.2 Å². The minimum absolute atomic E-state index is 0.0395. The highest BCUT2D eigenvalue weighted by molar-refractivity contribution is 6.30. The lowest BCUT2D eigenvalue weighted by atomic mass is 9.96. The molecule has 0 radical (unpaired) electrons. The second-order valence-electron chi connectivity index (χ2n) is 3.65. The van der Waals surface area contributed by atoms with E-state index >= 15 is 0 Å². The van der Waals surface area contributed by atoms with Gasteiger partial charge in [-0.15, -0.1) is 0 Å². The van der Waals surface area contributed by atoms with E-state index in [1.807, 2.05) is 0 Å². The molecule has 0 spiro atoms. The maximum atomic E-state index is 12.6. The van der Waals surface area contributed by atoms with Gasteiger partial charge in [-0.05, 0) is 37.1 Å². The largest absolute Gasteiger partial charge is 0.392 e. The Bertz CT molecular complexity index is 321. The summed E-state index contributed by atoms with van der Waals surface area (Å²) in [6.45, 7) is 0.0395. The summed E-state index contributed by atoms with van der Waals surface area (Å²) in [4.78, 5) is 0. The number of alkyl halides is 3. The molecular weight excluding hydrogens is 239 g/mol. The molecule has 0 bridgehead atoms. The number of benzene rings is 1. The zero-order valence-electron chi connectivity index (χ0n) is 8.60. The van der Waals surface area contributed by atoms with Gasteiger partial charge in [0, 0.05) is 5.02 Å². The molecular formula is C11H13ClF3N. The van der Waals surface area contributed by atoms with Crippen LogP contribution in [0.3, 0.4) is 0 Å². The summed E-state index contributed by atoms with van der Waals surface area (Å²) in [6.07, 6.45) is -4.29. The van der Waals surface area contributed by atoms with Crippen molar-refractivity contribution in [2.45, 2.75) is 19.0 Å². The maximum absolute atomic E-state index is 12.6. The van der Waals surface area contributed by atoms with Crippen LogP contribution in [0.5, 0.6) is 0 Å². The van der Waals surface area contributed by atoms with Crippen molar-refractivity contribution in [2.75, 3.05) is 6.54 Å². The van der Waals surface area contributed by atoms with Gasteiger partial charge in [0.05, 0.1) is 5.92 Å². The van der Waals surface area contributed by atoms with Crippen molar-refractivity contribution in [1.82, 2.24) is 0 Å². The Morgan fingerprint density at radius 3 is 2.19 bits per heavy atom. The third kappa shape index (κ3) is 4.02. The number of hydrogen-bond acceptors (Lipinski definition) is 1. The van der Waals surface area contributed by atoms with Gasteiger partial charge in [0.2, 0.25) is 0 Å². The number of nitrogens with two attached hydrogens (primary N) is 1. The van der Waals surface area contributed by atoms with Crippen molar-refractivity contribution < 1.29 is 13.2 Å². The molecule has 1 atom stereocenters. The third-order valence-corrected chi connectivity index (χ3v) is 2.63. The molecule has 0 aliphatic heterocycles. The lowest BCUT2D eigenvalue weighted by Gasteiger charge is -2.19. The van der Waals surface area contributed by atoms with Crippen molar-refractivity contribution in [2.24, 2.45) is 11.7 Å². The van der Waals surface area contributed by atoms with Gasteiger partial charge in [-0.25, -0.2) is 0 Å². The van der Waals surface area contributed by atoms with Crippen LogP contribution in [-0.2, 0) is 6.42 Å². The Balaban J connectivity index is 2.72. The van der Waals surface area contributed by atoms with Gasteiger partial charge >= 0.3 is 6.18 Å². The Morgan fingerprint density at radius 1 is 1.19 bits per heavy atom. The van der Waals surface area contributed by atoms with E-state index in [9.17, 15) is 13.2 Å². The fourth-order valence-electron chi connectivity index (χ4n) is 1.49.